The van der Waals surface area contributed by atoms with Crippen LogP contribution in [0, 0.1) is 11.8 Å². The van der Waals surface area contributed by atoms with Gasteiger partial charge in [-0.2, -0.15) is 0 Å². The number of hydrogen-bond acceptors (Lipinski definition) is 8. The molecular formula is C51H59N9O6. The summed E-state index contributed by atoms with van der Waals surface area (Å²) in [4.78, 5) is 72.4. The van der Waals surface area contributed by atoms with E-state index in [0.717, 1.165) is 71.8 Å². The van der Waals surface area contributed by atoms with Gasteiger partial charge in [-0.3, -0.25) is 9.59 Å². The van der Waals surface area contributed by atoms with Crippen LogP contribution in [-0.2, 0) is 32.5 Å². The van der Waals surface area contributed by atoms with Crippen molar-refractivity contribution in [3.8, 4) is 33.8 Å². The van der Waals surface area contributed by atoms with Gasteiger partial charge in [0.1, 0.15) is 23.7 Å². The highest BCUT2D eigenvalue weighted by atomic mass is 16.5. The number of alkyl carbamates (subject to hydrolysis) is 2. The van der Waals surface area contributed by atoms with Gasteiger partial charge in [-0.1, -0.05) is 76.2 Å². The number of H-pyrrole nitrogens is 2. The third-order valence-corrected chi connectivity index (χ3v) is 13.9. The number of nitrogens with zero attached hydrogens (tertiary/aromatic N) is 5. The van der Waals surface area contributed by atoms with Crippen LogP contribution in [0.4, 0.5) is 9.59 Å². The van der Waals surface area contributed by atoms with E-state index in [4.69, 9.17) is 19.4 Å². The number of aromatic amines is 2. The first-order valence-electron chi connectivity index (χ1n) is 23.1. The van der Waals surface area contributed by atoms with Crippen molar-refractivity contribution in [1.82, 2.24) is 44.9 Å². The molecule has 3 aromatic heterocycles. The molecule has 9 rings (SSSR count). The van der Waals surface area contributed by atoms with Crippen LogP contribution < -0.4 is 10.6 Å². The summed E-state index contributed by atoms with van der Waals surface area (Å²) >= 11 is 0. The zero-order valence-electron chi connectivity index (χ0n) is 38.7. The molecule has 3 aromatic carbocycles. The third-order valence-electron chi connectivity index (χ3n) is 13.9. The van der Waals surface area contributed by atoms with E-state index in [2.05, 4.69) is 98.9 Å². The molecule has 4 N–H and O–H groups in total. The summed E-state index contributed by atoms with van der Waals surface area (Å²) in [6.45, 7) is 8.82. The van der Waals surface area contributed by atoms with Crippen molar-refractivity contribution in [2.75, 3.05) is 27.3 Å². The summed E-state index contributed by atoms with van der Waals surface area (Å²) in [5.41, 5.74) is 11.0. The normalized spacial score (nSPS) is 18.9. The van der Waals surface area contributed by atoms with Gasteiger partial charge < -0.3 is 44.4 Å². The van der Waals surface area contributed by atoms with Crippen molar-refractivity contribution in [1.29, 1.82) is 0 Å². The maximum absolute atomic E-state index is 13.8. The van der Waals surface area contributed by atoms with Gasteiger partial charge in [0.15, 0.2) is 0 Å². The minimum atomic E-state index is -0.707. The number of amides is 4. The van der Waals surface area contributed by atoms with E-state index in [1.165, 1.54) is 47.6 Å². The molecule has 6 aromatic rings. The molecule has 5 heterocycles. The molecule has 5 atom stereocenters. The van der Waals surface area contributed by atoms with Crippen LogP contribution in [0.1, 0.15) is 99.7 Å². The summed E-state index contributed by atoms with van der Waals surface area (Å²) < 4.78 is 12.0. The maximum atomic E-state index is 13.8. The first-order chi connectivity index (χ1) is 31.9. The molecule has 2 saturated heterocycles. The maximum Gasteiger partial charge on any atom is 0.407 e. The number of fused-ring (bicyclic) bond motifs is 5. The Bertz CT molecular complexity index is 2790. The van der Waals surface area contributed by atoms with E-state index in [0.29, 0.717) is 13.1 Å². The molecule has 15 heteroatoms. The van der Waals surface area contributed by atoms with Gasteiger partial charge in [0.25, 0.3) is 0 Å². The van der Waals surface area contributed by atoms with Crippen LogP contribution in [-0.4, -0.2) is 97.7 Å². The van der Waals surface area contributed by atoms with E-state index >= 15 is 0 Å². The predicted molar refractivity (Wildman–Crippen MR) is 251 cm³/mol. The Balaban J connectivity index is 1.03. The Labute approximate surface area is 384 Å². The van der Waals surface area contributed by atoms with Crippen molar-refractivity contribution < 1.29 is 28.7 Å². The van der Waals surface area contributed by atoms with Crippen LogP contribution in [0.5, 0.6) is 0 Å². The van der Waals surface area contributed by atoms with E-state index in [1.54, 1.807) is 0 Å². The first-order valence-corrected chi connectivity index (χ1v) is 23.1. The Kier molecular flexibility index (Phi) is 12.2. The van der Waals surface area contributed by atoms with Gasteiger partial charge in [0.2, 0.25) is 11.8 Å². The number of imidazole rings is 2. The molecule has 0 bridgehead atoms. The summed E-state index contributed by atoms with van der Waals surface area (Å²) in [6, 6.07) is 22.1. The summed E-state index contributed by atoms with van der Waals surface area (Å²) in [5, 5.41) is 6.64. The van der Waals surface area contributed by atoms with Crippen molar-refractivity contribution in [2.45, 2.75) is 89.9 Å². The Hall–Kier alpha value is -6.90. The molecule has 4 amide bonds. The lowest BCUT2D eigenvalue weighted by atomic mass is 9.77. The molecule has 3 aliphatic rings. The summed E-state index contributed by atoms with van der Waals surface area (Å²) in [6.07, 6.45) is 6.48. The number of aromatic nitrogens is 5. The van der Waals surface area contributed by atoms with Gasteiger partial charge in [-0.05, 0) is 84.4 Å². The van der Waals surface area contributed by atoms with Crippen LogP contribution in [0.25, 0.3) is 44.7 Å². The van der Waals surface area contributed by atoms with Crippen molar-refractivity contribution in [2.24, 2.45) is 18.9 Å². The smallest absolute Gasteiger partial charge is 0.407 e. The SMILES string of the molecule is COC(=O)NC(C(=O)N1CCCC1c1ncc(-c2ccc3c(c2)CC(c2ccccc2)c2c-3n(C)c3ccc(-c4cnc(C5CCCN5C(=O)C(NC(=O)OC)C(C)C)[nH]4)cc23)[nH]1)C(C)C. The molecule has 5 unspecified atom stereocenters. The largest absolute Gasteiger partial charge is 0.453 e. The number of hydrogen-bond donors (Lipinski definition) is 4. The number of carbonyl (C=O) groups excluding carboxylic acids is 4. The highest BCUT2D eigenvalue weighted by Gasteiger charge is 2.39. The van der Waals surface area contributed by atoms with E-state index < -0.39 is 24.3 Å². The average molecular weight is 894 g/mol. The van der Waals surface area contributed by atoms with Crippen LogP contribution in [0.2, 0.25) is 0 Å². The molecule has 15 nitrogen and oxygen atoms in total. The Morgan fingerprint density at radius 2 is 1.24 bits per heavy atom. The highest BCUT2D eigenvalue weighted by Crippen LogP contribution is 2.49. The second-order valence-electron chi connectivity index (χ2n) is 18.6. The fourth-order valence-corrected chi connectivity index (χ4v) is 10.5. The molecule has 344 valence electrons. The molecular weight excluding hydrogens is 835 g/mol. The summed E-state index contributed by atoms with van der Waals surface area (Å²) in [7, 11) is 4.74. The van der Waals surface area contributed by atoms with Crippen molar-refractivity contribution in [3.63, 3.8) is 0 Å². The quantitative estimate of drug-likeness (QED) is 0.100. The topological polar surface area (TPSA) is 180 Å². The lowest BCUT2D eigenvalue weighted by Gasteiger charge is -2.30. The number of nitrogens with one attached hydrogen (secondary N) is 4. The number of likely N-dealkylation sites (tertiary alicyclic amines) is 2. The van der Waals surface area contributed by atoms with Gasteiger partial charge in [0, 0.05) is 48.1 Å². The van der Waals surface area contributed by atoms with Crippen molar-refractivity contribution in [3.05, 3.63) is 107 Å². The van der Waals surface area contributed by atoms with Gasteiger partial charge in [-0.25, -0.2) is 19.6 Å². The van der Waals surface area contributed by atoms with Crippen LogP contribution in [0.3, 0.4) is 0 Å². The fourth-order valence-electron chi connectivity index (χ4n) is 10.5. The Morgan fingerprint density at radius 3 is 1.77 bits per heavy atom. The second kappa shape index (κ2) is 18.2. The van der Waals surface area contributed by atoms with E-state index in [-0.39, 0.29) is 41.7 Å². The lowest BCUT2D eigenvalue weighted by Crippen LogP contribution is -2.51. The molecule has 0 spiro atoms. The first kappa shape index (κ1) is 44.3. The van der Waals surface area contributed by atoms with Gasteiger partial charge in [-0.15, -0.1) is 0 Å². The van der Waals surface area contributed by atoms with Crippen LogP contribution >= 0.6 is 0 Å². The highest BCUT2D eigenvalue weighted by molar-refractivity contribution is 5.97. The second-order valence-corrected chi connectivity index (χ2v) is 18.6. The molecule has 0 radical (unpaired) electrons. The Morgan fingerprint density at radius 1 is 0.712 bits per heavy atom. The number of benzene rings is 3. The molecule has 2 aliphatic heterocycles. The van der Waals surface area contributed by atoms with Crippen LogP contribution in [0.15, 0.2) is 79.1 Å². The zero-order valence-corrected chi connectivity index (χ0v) is 38.7. The van der Waals surface area contributed by atoms with E-state index in [9.17, 15) is 19.2 Å². The lowest BCUT2D eigenvalue weighted by molar-refractivity contribution is -0.136. The molecule has 0 saturated carbocycles. The number of rotatable bonds is 11. The average Bonchev–Trinajstić information content (AvgIpc) is 4.19. The molecule has 66 heavy (non-hydrogen) atoms. The molecule has 1 aliphatic carbocycles. The monoisotopic (exact) mass is 893 g/mol. The molecule has 2 fully saturated rings. The minimum absolute atomic E-state index is 0.0775. The van der Waals surface area contributed by atoms with Crippen molar-refractivity contribution >= 4 is 34.9 Å². The number of aryl methyl sites for hydroxylation is 1. The van der Waals surface area contributed by atoms with Gasteiger partial charge in [0.05, 0.1) is 55.8 Å². The number of methoxy groups -OCH3 is 2. The fraction of sp³-hybridized carbons (Fsp3) is 0.412. The van der Waals surface area contributed by atoms with Gasteiger partial charge >= 0.3 is 12.2 Å². The standard InChI is InChI=1S/C51H59N9O6/c1-28(2)43(56-50(63)65-6)48(61)59-21-11-15-40(59)46-52-26-37(54-46)31-17-19-34-33(23-31)25-35(30-13-9-8-10-14-30)42-36-24-32(18-20-39(36)58(5)45(34)42)38-27-53-47(55-38)41-16-12-22-60(41)49(62)44(29(3)4)57-51(64)66-7/h8-10,13-14,17-20,23-24,26-29,35,40-41,43-44H,11-12,15-16,21-22,25H2,1-7H3,(H,52,54)(H,53,55)(H,56,63)(H,57,64). The summed E-state index contributed by atoms with van der Waals surface area (Å²) in [5.74, 6) is 1.01. The zero-order chi connectivity index (χ0) is 46.4. The van der Waals surface area contributed by atoms with E-state index in [1.807, 2.05) is 49.9 Å². The number of ether oxygens (including phenoxy) is 2. The third kappa shape index (κ3) is 8.08. The number of carbonyl (C=O) groups is 4. The predicted octanol–water partition coefficient (Wildman–Crippen LogP) is 8.40. The minimum Gasteiger partial charge on any atom is -0.453 e.